The third kappa shape index (κ3) is 4.21. The van der Waals surface area contributed by atoms with Gasteiger partial charge in [-0.05, 0) is 44.5 Å². The molecule has 136 valence electrons. The molecule has 0 radical (unpaired) electrons. The van der Waals surface area contributed by atoms with Crippen LogP contribution in [0.3, 0.4) is 0 Å². The highest BCUT2D eigenvalue weighted by Gasteiger charge is 2.19. The predicted octanol–water partition coefficient (Wildman–Crippen LogP) is 4.48. The highest BCUT2D eigenvalue weighted by Crippen LogP contribution is 2.27. The Kier molecular flexibility index (Phi) is 5.63. The zero-order chi connectivity index (χ0) is 19.4. The van der Waals surface area contributed by atoms with Gasteiger partial charge in [-0.3, -0.25) is 9.36 Å². The van der Waals surface area contributed by atoms with Gasteiger partial charge in [-0.2, -0.15) is 5.26 Å². The highest BCUT2D eigenvalue weighted by atomic mass is 32.2. The molecule has 0 saturated carbocycles. The van der Waals surface area contributed by atoms with Crippen LogP contribution < -0.4 is 5.32 Å². The molecule has 0 aliphatic heterocycles. The van der Waals surface area contributed by atoms with Gasteiger partial charge in [-0.1, -0.05) is 41.6 Å². The lowest BCUT2D eigenvalue weighted by molar-refractivity contribution is -0.115. The van der Waals surface area contributed by atoms with Crippen LogP contribution in [0.1, 0.15) is 23.6 Å². The molecule has 2 aromatic carbocycles. The van der Waals surface area contributed by atoms with E-state index in [-0.39, 0.29) is 11.2 Å². The number of carbonyl (C=O) groups excluding carboxylic acids is 1. The largest absolute Gasteiger partial charge is 0.324 e. The molecule has 0 unspecified atom stereocenters. The van der Waals surface area contributed by atoms with Gasteiger partial charge in [0.2, 0.25) is 5.91 Å². The summed E-state index contributed by atoms with van der Waals surface area (Å²) in [5.41, 5.74) is 4.36. The van der Waals surface area contributed by atoms with Crippen LogP contribution in [0.5, 0.6) is 0 Å². The van der Waals surface area contributed by atoms with E-state index in [0.717, 1.165) is 16.4 Å². The van der Waals surface area contributed by atoms with Crippen molar-refractivity contribution in [2.45, 2.75) is 31.2 Å². The van der Waals surface area contributed by atoms with Gasteiger partial charge >= 0.3 is 0 Å². The molecule has 0 spiro atoms. The number of hydrogen-bond donors (Lipinski definition) is 1. The van der Waals surface area contributed by atoms with Crippen molar-refractivity contribution < 1.29 is 4.79 Å². The van der Waals surface area contributed by atoms with Crippen LogP contribution in [0.15, 0.2) is 60.0 Å². The maximum Gasteiger partial charge on any atom is 0.237 e. The van der Waals surface area contributed by atoms with Crippen molar-refractivity contribution in [3.63, 3.8) is 0 Å². The molecule has 1 heterocycles. The fraction of sp³-hybridized carbons (Fsp3) is 0.190. The number of imidazole rings is 1. The van der Waals surface area contributed by atoms with E-state index in [4.69, 9.17) is 5.26 Å². The highest BCUT2D eigenvalue weighted by molar-refractivity contribution is 8.00. The summed E-state index contributed by atoms with van der Waals surface area (Å²) in [6, 6.07) is 15.3. The number of benzene rings is 2. The van der Waals surface area contributed by atoms with Crippen molar-refractivity contribution in [3.8, 4) is 11.8 Å². The SMILES string of the molecule is Cc1ccc(-n2ccnc2S[C@@H](C)C(=O)Nc2ccccc2C#N)c(C)c1. The summed E-state index contributed by atoms with van der Waals surface area (Å²) in [5.74, 6) is -0.169. The van der Waals surface area contributed by atoms with Crippen LogP contribution in [0.4, 0.5) is 5.69 Å². The van der Waals surface area contributed by atoms with E-state index in [1.54, 1.807) is 30.5 Å². The second kappa shape index (κ2) is 8.11. The van der Waals surface area contributed by atoms with Crippen LogP contribution in [0.2, 0.25) is 0 Å². The van der Waals surface area contributed by atoms with Gasteiger partial charge in [-0.15, -0.1) is 0 Å². The standard InChI is InChI=1S/C21H20N4OS/c1-14-8-9-19(15(2)12-14)25-11-10-23-21(25)27-16(3)20(26)24-18-7-5-4-6-17(18)13-22/h4-12,16H,1-3H3,(H,24,26)/t16-/m0/s1. The van der Waals surface area contributed by atoms with E-state index in [0.29, 0.717) is 11.3 Å². The number of aryl methyl sites for hydroxylation is 2. The first-order valence-electron chi connectivity index (χ1n) is 8.57. The third-order valence-electron chi connectivity index (χ3n) is 4.18. The Balaban J connectivity index is 1.77. The average Bonchev–Trinajstić information content (AvgIpc) is 3.10. The molecule has 1 atom stereocenters. The summed E-state index contributed by atoms with van der Waals surface area (Å²) in [5, 5.41) is 12.4. The van der Waals surface area contributed by atoms with Crippen LogP contribution in [0, 0.1) is 25.2 Å². The average molecular weight is 376 g/mol. The van der Waals surface area contributed by atoms with E-state index >= 15 is 0 Å². The molecule has 0 aliphatic carbocycles. The minimum Gasteiger partial charge on any atom is -0.324 e. The van der Waals surface area contributed by atoms with E-state index in [1.165, 1.54) is 17.3 Å². The van der Waals surface area contributed by atoms with Crippen LogP contribution in [0.25, 0.3) is 5.69 Å². The predicted molar refractivity (Wildman–Crippen MR) is 108 cm³/mol. The van der Waals surface area contributed by atoms with Crippen LogP contribution in [-0.4, -0.2) is 20.7 Å². The van der Waals surface area contributed by atoms with E-state index in [2.05, 4.69) is 48.4 Å². The quantitative estimate of drug-likeness (QED) is 0.667. The number of hydrogen-bond acceptors (Lipinski definition) is 4. The molecule has 3 aromatic rings. The zero-order valence-electron chi connectivity index (χ0n) is 15.4. The molecule has 1 amide bonds. The Morgan fingerprint density at radius 1 is 1.26 bits per heavy atom. The second-order valence-electron chi connectivity index (χ2n) is 6.28. The number of carbonyl (C=O) groups is 1. The fourth-order valence-corrected chi connectivity index (χ4v) is 3.65. The lowest BCUT2D eigenvalue weighted by atomic mass is 10.1. The molecule has 1 aromatic heterocycles. The van der Waals surface area contributed by atoms with Gasteiger partial charge in [0, 0.05) is 12.4 Å². The second-order valence-corrected chi connectivity index (χ2v) is 7.58. The van der Waals surface area contributed by atoms with Gasteiger partial charge < -0.3 is 5.32 Å². The number of nitrogens with zero attached hydrogens (tertiary/aromatic N) is 3. The maximum absolute atomic E-state index is 12.6. The number of amides is 1. The molecule has 0 bridgehead atoms. The molecule has 0 saturated heterocycles. The van der Waals surface area contributed by atoms with E-state index in [1.807, 2.05) is 17.7 Å². The number of aromatic nitrogens is 2. The Bertz CT molecular complexity index is 1020. The molecule has 3 rings (SSSR count). The summed E-state index contributed by atoms with van der Waals surface area (Å²) in [4.78, 5) is 17.0. The molecule has 1 N–H and O–H groups in total. The van der Waals surface area contributed by atoms with Gasteiger partial charge in [0.05, 0.1) is 22.2 Å². The smallest absolute Gasteiger partial charge is 0.237 e. The number of thioether (sulfide) groups is 1. The minimum absolute atomic E-state index is 0.169. The zero-order valence-corrected chi connectivity index (χ0v) is 16.2. The molecular formula is C21H20N4OS. The topological polar surface area (TPSA) is 70.7 Å². The van der Waals surface area contributed by atoms with Gasteiger partial charge in [0.25, 0.3) is 0 Å². The molecule has 0 aliphatic rings. The molecule has 0 fully saturated rings. The summed E-state index contributed by atoms with van der Waals surface area (Å²) < 4.78 is 1.99. The first-order chi connectivity index (χ1) is 13.0. The van der Waals surface area contributed by atoms with Crippen LogP contribution >= 0.6 is 11.8 Å². The summed E-state index contributed by atoms with van der Waals surface area (Å²) in [6.07, 6.45) is 3.63. The van der Waals surface area contributed by atoms with Crippen molar-refractivity contribution in [2.24, 2.45) is 0 Å². The van der Waals surface area contributed by atoms with Crippen molar-refractivity contribution in [1.29, 1.82) is 5.26 Å². The van der Waals surface area contributed by atoms with Crippen molar-refractivity contribution in [1.82, 2.24) is 9.55 Å². The van der Waals surface area contributed by atoms with Crippen molar-refractivity contribution in [3.05, 3.63) is 71.5 Å². The summed E-state index contributed by atoms with van der Waals surface area (Å²) in [6.45, 7) is 5.95. The first kappa shape index (κ1) is 18.7. The Labute approximate surface area is 163 Å². The Morgan fingerprint density at radius 3 is 2.78 bits per heavy atom. The first-order valence-corrected chi connectivity index (χ1v) is 9.45. The number of nitriles is 1. The van der Waals surface area contributed by atoms with E-state index in [9.17, 15) is 4.79 Å². The van der Waals surface area contributed by atoms with Gasteiger partial charge in [-0.25, -0.2) is 4.98 Å². The lowest BCUT2D eigenvalue weighted by Gasteiger charge is -2.15. The summed E-state index contributed by atoms with van der Waals surface area (Å²) >= 11 is 1.38. The minimum atomic E-state index is -0.372. The third-order valence-corrected chi connectivity index (χ3v) is 5.26. The van der Waals surface area contributed by atoms with E-state index < -0.39 is 0 Å². The van der Waals surface area contributed by atoms with Crippen molar-refractivity contribution in [2.75, 3.05) is 5.32 Å². The Hall–Kier alpha value is -3.04. The number of anilines is 1. The molecule has 6 heteroatoms. The molecule has 27 heavy (non-hydrogen) atoms. The van der Waals surface area contributed by atoms with Crippen molar-refractivity contribution >= 4 is 23.4 Å². The molecule has 5 nitrogen and oxygen atoms in total. The lowest BCUT2D eigenvalue weighted by Crippen LogP contribution is -2.23. The number of para-hydroxylation sites is 1. The Morgan fingerprint density at radius 2 is 2.04 bits per heavy atom. The monoisotopic (exact) mass is 376 g/mol. The number of rotatable bonds is 5. The molecular weight excluding hydrogens is 356 g/mol. The fourth-order valence-electron chi connectivity index (χ4n) is 2.77. The number of nitrogens with one attached hydrogen (secondary N) is 1. The normalized spacial score (nSPS) is 11.6. The maximum atomic E-state index is 12.6. The van der Waals surface area contributed by atoms with Gasteiger partial charge in [0.1, 0.15) is 6.07 Å². The van der Waals surface area contributed by atoms with Crippen LogP contribution in [-0.2, 0) is 4.79 Å². The van der Waals surface area contributed by atoms with Gasteiger partial charge in [0.15, 0.2) is 5.16 Å². The summed E-state index contributed by atoms with van der Waals surface area (Å²) in [7, 11) is 0.